The van der Waals surface area contributed by atoms with E-state index in [1.165, 1.54) is 12.6 Å². The fourth-order valence-corrected chi connectivity index (χ4v) is 3.44. The van der Waals surface area contributed by atoms with Gasteiger partial charge in [0.15, 0.2) is 0 Å². The minimum atomic E-state index is -4.38. The molecule has 0 N–H and O–H groups in total. The number of amides is 1. The summed E-state index contributed by atoms with van der Waals surface area (Å²) < 4.78 is 37.6. The third kappa shape index (κ3) is 4.43. The number of nitrogens with zero attached hydrogens (tertiary/aromatic N) is 2. The van der Waals surface area contributed by atoms with Crippen LogP contribution in [0.5, 0.6) is 0 Å². The summed E-state index contributed by atoms with van der Waals surface area (Å²) >= 11 is 0. The van der Waals surface area contributed by atoms with E-state index in [0.717, 1.165) is 16.0 Å². The quantitative estimate of drug-likeness (QED) is 0.829. The topological polar surface area (TPSA) is 23.6 Å². The van der Waals surface area contributed by atoms with Crippen molar-refractivity contribution < 1.29 is 18.0 Å². The fourth-order valence-electron chi connectivity index (χ4n) is 3.44. The monoisotopic (exact) mass is 362 g/mol. The third-order valence-electron chi connectivity index (χ3n) is 4.67. The Hall–Kier alpha value is -2.34. The number of halogens is 3. The molecule has 1 heterocycles. The van der Waals surface area contributed by atoms with E-state index in [0.29, 0.717) is 13.1 Å². The van der Waals surface area contributed by atoms with Gasteiger partial charge in [0.25, 0.3) is 0 Å². The molecule has 2 aromatic rings. The van der Waals surface area contributed by atoms with Gasteiger partial charge in [-0.1, -0.05) is 54.6 Å². The second-order valence-electron chi connectivity index (χ2n) is 6.70. The van der Waals surface area contributed by atoms with Gasteiger partial charge in [-0.2, -0.15) is 13.2 Å². The van der Waals surface area contributed by atoms with Crippen molar-refractivity contribution in [3.05, 3.63) is 71.3 Å². The molecule has 2 aromatic carbocycles. The lowest BCUT2D eigenvalue weighted by molar-refractivity contribution is -0.159. The number of benzene rings is 2. The number of hydrogen-bond donors (Lipinski definition) is 0. The second-order valence-corrected chi connectivity index (χ2v) is 6.70. The van der Waals surface area contributed by atoms with Gasteiger partial charge in [-0.3, -0.25) is 9.69 Å². The summed E-state index contributed by atoms with van der Waals surface area (Å²) in [6.07, 6.45) is -4.38. The molecule has 0 aromatic heterocycles. The van der Waals surface area contributed by atoms with Gasteiger partial charge in [0.1, 0.15) is 6.54 Å². The molecule has 0 bridgehead atoms. The van der Waals surface area contributed by atoms with Crippen LogP contribution < -0.4 is 0 Å². The van der Waals surface area contributed by atoms with Crippen LogP contribution in [0.4, 0.5) is 13.2 Å². The predicted molar refractivity (Wildman–Crippen MR) is 93.7 cm³/mol. The zero-order valence-corrected chi connectivity index (χ0v) is 14.5. The molecule has 1 unspecified atom stereocenters. The van der Waals surface area contributed by atoms with Crippen molar-refractivity contribution >= 4 is 5.91 Å². The van der Waals surface area contributed by atoms with Crippen molar-refractivity contribution in [3.63, 3.8) is 0 Å². The zero-order chi connectivity index (χ0) is 18.7. The van der Waals surface area contributed by atoms with E-state index in [9.17, 15) is 18.0 Å². The van der Waals surface area contributed by atoms with E-state index in [2.05, 4.69) is 6.07 Å². The van der Waals surface area contributed by atoms with Gasteiger partial charge in [0, 0.05) is 26.1 Å². The number of fused-ring (bicyclic) bond motifs is 1. The van der Waals surface area contributed by atoms with Gasteiger partial charge in [-0.05, 0) is 16.7 Å². The van der Waals surface area contributed by atoms with Crippen molar-refractivity contribution in [1.29, 1.82) is 0 Å². The van der Waals surface area contributed by atoms with Crippen LogP contribution in [-0.2, 0) is 11.3 Å². The zero-order valence-electron chi connectivity index (χ0n) is 14.5. The molecular weight excluding hydrogens is 341 g/mol. The first-order chi connectivity index (χ1) is 12.3. The maximum atomic E-state index is 12.5. The largest absolute Gasteiger partial charge is 0.406 e. The van der Waals surface area contributed by atoms with Crippen LogP contribution in [0.15, 0.2) is 54.6 Å². The average molecular weight is 362 g/mol. The highest BCUT2D eigenvalue weighted by Gasteiger charge is 2.33. The Morgan fingerprint density at radius 1 is 1.12 bits per heavy atom. The van der Waals surface area contributed by atoms with Crippen molar-refractivity contribution in [2.24, 2.45) is 0 Å². The number of hydrogen-bond acceptors (Lipinski definition) is 2. The van der Waals surface area contributed by atoms with Gasteiger partial charge in [0.2, 0.25) is 5.91 Å². The first kappa shape index (κ1) is 18.5. The number of rotatable bonds is 4. The summed E-state index contributed by atoms with van der Waals surface area (Å²) in [6.45, 7) is -0.0830. The summed E-state index contributed by atoms with van der Waals surface area (Å²) in [5, 5.41) is 0. The van der Waals surface area contributed by atoms with Crippen molar-refractivity contribution in [2.75, 3.05) is 26.7 Å². The van der Waals surface area contributed by atoms with Crippen LogP contribution in [0.2, 0.25) is 0 Å². The lowest BCUT2D eigenvalue weighted by Gasteiger charge is -2.35. The van der Waals surface area contributed by atoms with Gasteiger partial charge in [-0.25, -0.2) is 0 Å². The first-order valence-corrected chi connectivity index (χ1v) is 8.49. The van der Waals surface area contributed by atoms with Crippen LogP contribution >= 0.6 is 0 Å². The molecule has 1 aliphatic heterocycles. The highest BCUT2D eigenvalue weighted by atomic mass is 19.4. The molecule has 0 spiro atoms. The number of carbonyl (C=O) groups is 1. The summed E-state index contributed by atoms with van der Waals surface area (Å²) in [4.78, 5) is 14.9. The lowest BCUT2D eigenvalue weighted by Crippen LogP contribution is -2.44. The molecule has 1 amide bonds. The van der Waals surface area contributed by atoms with E-state index >= 15 is 0 Å². The van der Waals surface area contributed by atoms with E-state index in [4.69, 9.17) is 0 Å². The molecule has 0 saturated carbocycles. The molecule has 0 fully saturated rings. The van der Waals surface area contributed by atoms with Crippen LogP contribution in [0.3, 0.4) is 0 Å². The summed E-state index contributed by atoms with van der Waals surface area (Å²) in [5.41, 5.74) is 3.46. The van der Waals surface area contributed by atoms with Gasteiger partial charge < -0.3 is 4.90 Å². The molecule has 138 valence electrons. The van der Waals surface area contributed by atoms with Crippen molar-refractivity contribution in [3.8, 4) is 0 Å². The molecule has 3 rings (SSSR count). The van der Waals surface area contributed by atoms with Gasteiger partial charge in [-0.15, -0.1) is 0 Å². The van der Waals surface area contributed by atoms with Crippen LogP contribution in [0.25, 0.3) is 0 Å². The van der Waals surface area contributed by atoms with E-state index in [-0.39, 0.29) is 12.5 Å². The predicted octanol–water partition coefficient (Wildman–Crippen LogP) is 3.65. The first-order valence-electron chi connectivity index (χ1n) is 8.49. The number of likely N-dealkylation sites (N-methyl/N-ethyl adjacent to an activating group) is 1. The van der Waals surface area contributed by atoms with Crippen molar-refractivity contribution in [2.45, 2.75) is 18.6 Å². The maximum absolute atomic E-state index is 12.5. The van der Waals surface area contributed by atoms with Crippen LogP contribution in [0.1, 0.15) is 22.6 Å². The number of carbonyl (C=O) groups excluding carboxylic acids is 1. The standard InChI is InChI=1S/C20H21F3N2O/c1-24(14-20(21,22)23)19(26)13-25-11-16-9-5-6-10-17(16)18(12-25)15-7-3-2-4-8-15/h2-10,18H,11-14H2,1H3. The Morgan fingerprint density at radius 3 is 2.46 bits per heavy atom. The summed E-state index contributed by atoms with van der Waals surface area (Å²) in [6, 6.07) is 18.0. The highest BCUT2D eigenvalue weighted by Crippen LogP contribution is 2.33. The molecule has 0 aliphatic carbocycles. The summed E-state index contributed by atoms with van der Waals surface area (Å²) in [7, 11) is 1.20. The molecule has 6 heteroatoms. The normalized spacial score (nSPS) is 17.6. The molecule has 26 heavy (non-hydrogen) atoms. The summed E-state index contributed by atoms with van der Waals surface area (Å²) in [5.74, 6) is -0.421. The van der Waals surface area contributed by atoms with E-state index < -0.39 is 18.6 Å². The Kier molecular flexibility index (Phi) is 5.32. The maximum Gasteiger partial charge on any atom is 0.406 e. The van der Waals surface area contributed by atoms with E-state index in [1.54, 1.807) is 0 Å². The van der Waals surface area contributed by atoms with Crippen LogP contribution in [-0.4, -0.2) is 48.6 Å². The highest BCUT2D eigenvalue weighted by molar-refractivity contribution is 5.78. The van der Waals surface area contributed by atoms with Gasteiger partial charge >= 0.3 is 6.18 Å². The molecule has 1 aliphatic rings. The molecule has 3 nitrogen and oxygen atoms in total. The molecule has 0 saturated heterocycles. The van der Waals surface area contributed by atoms with Crippen molar-refractivity contribution in [1.82, 2.24) is 9.80 Å². The van der Waals surface area contributed by atoms with E-state index in [1.807, 2.05) is 53.4 Å². The Balaban J connectivity index is 1.78. The van der Waals surface area contributed by atoms with Crippen LogP contribution in [0, 0.1) is 0 Å². The molecule has 0 radical (unpaired) electrons. The SMILES string of the molecule is CN(CC(F)(F)F)C(=O)CN1Cc2ccccc2C(c2ccccc2)C1. The minimum absolute atomic E-state index is 0.0236. The molecular formula is C20H21F3N2O. The Morgan fingerprint density at radius 2 is 1.77 bits per heavy atom. The lowest BCUT2D eigenvalue weighted by atomic mass is 9.84. The average Bonchev–Trinajstić information content (AvgIpc) is 2.60. The minimum Gasteiger partial charge on any atom is -0.336 e. The third-order valence-corrected chi connectivity index (χ3v) is 4.67. The smallest absolute Gasteiger partial charge is 0.336 e. The Bertz CT molecular complexity index is 761. The Labute approximate surface area is 151 Å². The second kappa shape index (κ2) is 7.50. The van der Waals surface area contributed by atoms with Gasteiger partial charge in [0.05, 0.1) is 6.54 Å². The molecule has 1 atom stereocenters. The fraction of sp³-hybridized carbons (Fsp3) is 0.350. The number of alkyl halides is 3.